The lowest BCUT2D eigenvalue weighted by Gasteiger charge is -1.98. The highest BCUT2D eigenvalue weighted by Crippen LogP contribution is 2.19. The lowest BCUT2D eigenvalue weighted by Crippen LogP contribution is -1.70. The van der Waals surface area contributed by atoms with Gasteiger partial charge in [-0.05, 0) is 18.4 Å². The summed E-state index contributed by atoms with van der Waals surface area (Å²) < 4.78 is 0. The van der Waals surface area contributed by atoms with E-state index in [9.17, 15) is 0 Å². The van der Waals surface area contributed by atoms with Gasteiger partial charge in [0.1, 0.15) is 0 Å². The van der Waals surface area contributed by atoms with E-state index >= 15 is 0 Å². The van der Waals surface area contributed by atoms with E-state index in [2.05, 4.69) is 25.3 Å². The highest BCUT2D eigenvalue weighted by molar-refractivity contribution is 8.17. The summed E-state index contributed by atoms with van der Waals surface area (Å²) in [6.07, 6.45) is 11.5. The fourth-order valence-electron chi connectivity index (χ4n) is 0.567. The van der Waals surface area contributed by atoms with Crippen molar-refractivity contribution in [2.75, 3.05) is 6.26 Å². The van der Waals surface area contributed by atoms with Crippen molar-refractivity contribution in [3.05, 3.63) is 48.4 Å². The van der Waals surface area contributed by atoms with Gasteiger partial charge in [0.15, 0.2) is 0 Å². The minimum Gasteiger partial charge on any atom is -0.165 e. The van der Waals surface area contributed by atoms with Gasteiger partial charge in [0.25, 0.3) is 0 Å². The minimum atomic E-state index is 0.0506. The van der Waals surface area contributed by atoms with Crippen LogP contribution in [0.25, 0.3) is 0 Å². The van der Waals surface area contributed by atoms with Crippen LogP contribution in [-0.4, -0.2) is 12.1 Å². The first-order valence-corrected chi connectivity index (χ1v) is 6.10. The number of hydrogen-bond donors (Lipinski definition) is 0. The van der Waals surface area contributed by atoms with Crippen LogP contribution in [0.1, 0.15) is 13.8 Å². The second-order valence-corrected chi connectivity index (χ2v) is 3.78. The molecule has 1 heteroatoms. The largest absolute Gasteiger partial charge is 0.165 e. The molecule has 0 bridgehead atoms. The Bertz CT molecular complexity index is 219. The molecule has 0 aromatic heterocycles. The molecule has 0 radical (unpaired) electrons. The van der Waals surface area contributed by atoms with Gasteiger partial charge in [0.05, 0.1) is 0 Å². The zero-order valence-electron chi connectivity index (χ0n) is 8.92. The third kappa shape index (κ3) is 9.09. The average Bonchev–Trinajstić information content (AvgIpc) is 2.15. The lowest BCUT2D eigenvalue weighted by molar-refractivity contribution is 1.50. The van der Waals surface area contributed by atoms with Crippen LogP contribution in [0.5, 0.6) is 0 Å². The zero-order valence-corrected chi connectivity index (χ0v) is 9.73. The van der Waals surface area contributed by atoms with Gasteiger partial charge in [-0.2, -0.15) is 10.5 Å². The Balaban J connectivity index is 0. The summed E-state index contributed by atoms with van der Waals surface area (Å²) >= 11 is 0. The maximum Gasteiger partial charge on any atom is 0.000830 e. The molecule has 1 unspecified atom stereocenters. The molecule has 0 aliphatic rings. The van der Waals surface area contributed by atoms with E-state index in [-0.39, 0.29) is 10.5 Å². The second kappa shape index (κ2) is 11.2. The van der Waals surface area contributed by atoms with Gasteiger partial charge in [-0.15, -0.1) is 0 Å². The Morgan fingerprint density at radius 3 is 2.00 bits per heavy atom. The summed E-state index contributed by atoms with van der Waals surface area (Å²) in [7, 11) is 0.0506. The summed E-state index contributed by atoms with van der Waals surface area (Å²) in [5, 5.41) is 0. The van der Waals surface area contributed by atoms with Crippen molar-refractivity contribution in [3.63, 3.8) is 0 Å². The smallest absolute Gasteiger partial charge is 0.000830 e. The Kier molecular flexibility index (Phi) is 12.6. The van der Waals surface area contributed by atoms with Crippen LogP contribution in [0, 0.1) is 0 Å². The van der Waals surface area contributed by atoms with E-state index < -0.39 is 0 Å². The van der Waals surface area contributed by atoms with E-state index in [0.717, 1.165) is 0 Å². The summed E-state index contributed by atoms with van der Waals surface area (Å²) in [4.78, 5) is 1.19. The molecule has 0 fully saturated rings. The number of rotatable bonds is 4. The third-order valence-corrected chi connectivity index (χ3v) is 2.16. The molecule has 0 aliphatic heterocycles. The van der Waals surface area contributed by atoms with E-state index in [1.54, 1.807) is 12.2 Å². The predicted octanol–water partition coefficient (Wildman–Crippen LogP) is 4.16. The highest BCUT2D eigenvalue weighted by Gasteiger charge is 1.86. The Morgan fingerprint density at radius 2 is 1.69 bits per heavy atom. The number of allylic oxidation sites excluding steroid dienone is 5. The van der Waals surface area contributed by atoms with Crippen LogP contribution in [0.2, 0.25) is 0 Å². The lowest BCUT2D eigenvalue weighted by atomic mass is 10.4. The second-order valence-electron chi connectivity index (χ2n) is 2.04. The zero-order chi connectivity index (χ0) is 10.7. The standard InChI is InChI=1S/C10H14S.C2H6/c1-5-7-9-10(8-6-2)11(3)4;1-2/h5-9H,1-3H2,4H3;1-2H3/b9-7-,10-8+;. The van der Waals surface area contributed by atoms with Crippen molar-refractivity contribution in [2.45, 2.75) is 13.8 Å². The summed E-state index contributed by atoms with van der Waals surface area (Å²) in [6, 6.07) is 0. The molecular weight excluding hydrogens is 176 g/mol. The van der Waals surface area contributed by atoms with Crippen molar-refractivity contribution in [2.24, 2.45) is 0 Å². The highest BCUT2D eigenvalue weighted by atomic mass is 32.2. The molecule has 0 nitrogen and oxygen atoms in total. The van der Waals surface area contributed by atoms with Crippen LogP contribution < -0.4 is 0 Å². The molecule has 13 heavy (non-hydrogen) atoms. The molecule has 0 N–H and O–H groups in total. The molecule has 0 saturated heterocycles. The van der Waals surface area contributed by atoms with E-state index in [1.807, 2.05) is 32.1 Å². The van der Waals surface area contributed by atoms with Gasteiger partial charge >= 0.3 is 0 Å². The van der Waals surface area contributed by atoms with Crippen molar-refractivity contribution in [1.29, 1.82) is 0 Å². The van der Waals surface area contributed by atoms with Crippen LogP contribution >= 0.6 is 10.5 Å². The van der Waals surface area contributed by atoms with E-state index in [4.69, 9.17) is 0 Å². The minimum absolute atomic E-state index is 0.0506. The van der Waals surface area contributed by atoms with Crippen LogP contribution in [0.15, 0.2) is 48.4 Å². The molecule has 0 spiro atoms. The van der Waals surface area contributed by atoms with Gasteiger partial charge in [0, 0.05) is 4.91 Å². The van der Waals surface area contributed by atoms with Gasteiger partial charge in [-0.25, -0.2) is 0 Å². The molecule has 1 atom stereocenters. The maximum atomic E-state index is 3.94. The predicted molar refractivity (Wildman–Crippen MR) is 69.6 cm³/mol. The van der Waals surface area contributed by atoms with Crippen molar-refractivity contribution < 1.29 is 0 Å². The van der Waals surface area contributed by atoms with Gasteiger partial charge in [0.2, 0.25) is 0 Å². The molecule has 0 saturated carbocycles. The van der Waals surface area contributed by atoms with Crippen molar-refractivity contribution in [3.8, 4) is 0 Å². The Morgan fingerprint density at radius 1 is 1.15 bits per heavy atom. The normalized spacial score (nSPS) is 13.0. The fraction of sp³-hybridized carbons (Fsp3) is 0.250. The molecule has 0 aliphatic carbocycles. The monoisotopic (exact) mass is 196 g/mol. The fourth-order valence-corrected chi connectivity index (χ4v) is 1.21. The molecule has 0 aromatic carbocycles. The first-order chi connectivity index (χ1) is 6.22. The molecule has 0 heterocycles. The summed E-state index contributed by atoms with van der Waals surface area (Å²) in [5.41, 5.74) is 0. The Hall–Kier alpha value is -0.820. The topological polar surface area (TPSA) is 0 Å². The van der Waals surface area contributed by atoms with Crippen molar-refractivity contribution >= 4 is 16.4 Å². The van der Waals surface area contributed by atoms with Gasteiger partial charge in [-0.3, -0.25) is 0 Å². The molecular formula is C12H20S. The Labute approximate surface area is 85.3 Å². The SMILES string of the molecule is C=C/C=C\C(=C/C=C)S(=C)C.CC. The first-order valence-electron chi connectivity index (χ1n) is 4.29. The van der Waals surface area contributed by atoms with Gasteiger partial charge in [-0.1, -0.05) is 51.1 Å². The van der Waals surface area contributed by atoms with Crippen molar-refractivity contribution in [1.82, 2.24) is 0 Å². The average molecular weight is 196 g/mol. The van der Waals surface area contributed by atoms with Gasteiger partial charge < -0.3 is 0 Å². The summed E-state index contributed by atoms with van der Waals surface area (Å²) in [6.45, 7) is 11.2. The first kappa shape index (κ1) is 14.7. The van der Waals surface area contributed by atoms with Crippen LogP contribution in [0.4, 0.5) is 0 Å². The van der Waals surface area contributed by atoms with E-state index in [0.29, 0.717) is 0 Å². The summed E-state index contributed by atoms with van der Waals surface area (Å²) in [5.74, 6) is 3.94. The van der Waals surface area contributed by atoms with Crippen LogP contribution in [0.3, 0.4) is 0 Å². The molecule has 0 amide bonds. The maximum absolute atomic E-state index is 3.94. The number of hydrogen-bond acceptors (Lipinski definition) is 0. The quantitative estimate of drug-likeness (QED) is 0.468. The van der Waals surface area contributed by atoms with Crippen LogP contribution in [-0.2, 0) is 0 Å². The molecule has 74 valence electrons. The molecule has 0 aromatic rings. The third-order valence-electron chi connectivity index (χ3n) is 1.08. The molecule has 0 rings (SSSR count). The van der Waals surface area contributed by atoms with E-state index in [1.165, 1.54) is 4.91 Å².